The number of hydrogen-bond acceptors (Lipinski definition) is 3. The first-order valence-electron chi connectivity index (χ1n) is 6.91. The van der Waals surface area contributed by atoms with Crippen molar-refractivity contribution in [2.75, 3.05) is 18.2 Å². The Morgan fingerprint density at radius 3 is 2.55 bits per heavy atom. The van der Waals surface area contributed by atoms with E-state index in [0.717, 1.165) is 22.2 Å². The molecule has 4 nitrogen and oxygen atoms in total. The highest BCUT2D eigenvalue weighted by molar-refractivity contribution is 6.08. The van der Waals surface area contributed by atoms with E-state index < -0.39 is 0 Å². The molecular weight excluding hydrogens is 276 g/mol. The van der Waals surface area contributed by atoms with Gasteiger partial charge in [0.05, 0.1) is 7.11 Å². The molecule has 0 fully saturated rings. The van der Waals surface area contributed by atoms with E-state index in [0.29, 0.717) is 11.3 Å². The van der Waals surface area contributed by atoms with E-state index in [2.05, 4.69) is 5.32 Å². The number of para-hydroxylation sites is 1. The van der Waals surface area contributed by atoms with Crippen LogP contribution < -0.4 is 15.8 Å². The smallest absolute Gasteiger partial charge is 0.255 e. The summed E-state index contributed by atoms with van der Waals surface area (Å²) in [5.41, 5.74) is 7.90. The molecule has 4 heteroatoms. The van der Waals surface area contributed by atoms with E-state index >= 15 is 0 Å². The molecule has 0 heterocycles. The Morgan fingerprint density at radius 2 is 1.82 bits per heavy atom. The summed E-state index contributed by atoms with van der Waals surface area (Å²) in [6.45, 7) is 0. The molecule has 0 unspecified atom stereocenters. The van der Waals surface area contributed by atoms with Crippen molar-refractivity contribution in [3.05, 3.63) is 66.2 Å². The van der Waals surface area contributed by atoms with Gasteiger partial charge in [0.1, 0.15) is 5.75 Å². The van der Waals surface area contributed by atoms with Crippen LogP contribution in [0.1, 0.15) is 10.4 Å². The third-order valence-corrected chi connectivity index (χ3v) is 3.49. The highest BCUT2D eigenvalue weighted by Gasteiger charge is 2.10. The second-order valence-electron chi connectivity index (χ2n) is 4.97. The van der Waals surface area contributed by atoms with Crippen molar-refractivity contribution in [2.45, 2.75) is 0 Å². The van der Waals surface area contributed by atoms with Crippen LogP contribution in [0.25, 0.3) is 10.8 Å². The van der Waals surface area contributed by atoms with Gasteiger partial charge in [-0.2, -0.15) is 0 Å². The fourth-order valence-electron chi connectivity index (χ4n) is 2.35. The largest absolute Gasteiger partial charge is 0.497 e. The van der Waals surface area contributed by atoms with Crippen LogP contribution in [0.3, 0.4) is 0 Å². The second kappa shape index (κ2) is 5.77. The molecule has 3 aromatic rings. The minimum absolute atomic E-state index is 0.185. The number of nitrogens with one attached hydrogen (secondary N) is 1. The van der Waals surface area contributed by atoms with Gasteiger partial charge in [-0.3, -0.25) is 4.79 Å². The predicted octanol–water partition coefficient (Wildman–Crippen LogP) is 3.68. The number of fused-ring (bicyclic) bond motifs is 1. The van der Waals surface area contributed by atoms with Crippen LogP contribution in [0.2, 0.25) is 0 Å². The number of carbonyl (C=O) groups is 1. The zero-order chi connectivity index (χ0) is 15.5. The zero-order valence-electron chi connectivity index (χ0n) is 12.2. The molecule has 0 spiro atoms. The van der Waals surface area contributed by atoms with Crippen LogP contribution in [-0.4, -0.2) is 13.0 Å². The van der Waals surface area contributed by atoms with E-state index in [1.807, 2.05) is 54.6 Å². The van der Waals surface area contributed by atoms with E-state index in [1.54, 1.807) is 13.2 Å². The van der Waals surface area contributed by atoms with Gasteiger partial charge in [0.2, 0.25) is 0 Å². The number of ether oxygens (including phenoxy) is 1. The highest BCUT2D eigenvalue weighted by Crippen LogP contribution is 2.27. The molecule has 3 N–H and O–H groups in total. The lowest BCUT2D eigenvalue weighted by atomic mass is 10.0. The number of amides is 1. The number of nitrogens with two attached hydrogens (primary N) is 1. The minimum Gasteiger partial charge on any atom is -0.497 e. The van der Waals surface area contributed by atoms with Crippen LogP contribution in [0.5, 0.6) is 5.75 Å². The van der Waals surface area contributed by atoms with Gasteiger partial charge in [0, 0.05) is 22.3 Å². The Labute approximate surface area is 128 Å². The lowest BCUT2D eigenvalue weighted by Gasteiger charge is -2.09. The Balaban J connectivity index is 1.96. The van der Waals surface area contributed by atoms with Gasteiger partial charge in [-0.1, -0.05) is 24.3 Å². The highest BCUT2D eigenvalue weighted by atomic mass is 16.5. The van der Waals surface area contributed by atoms with Crippen molar-refractivity contribution in [1.82, 2.24) is 0 Å². The molecule has 0 aromatic heterocycles. The molecule has 0 aliphatic carbocycles. The summed E-state index contributed by atoms with van der Waals surface area (Å²) in [5, 5.41) is 4.63. The molecule has 110 valence electrons. The van der Waals surface area contributed by atoms with Crippen LogP contribution in [-0.2, 0) is 0 Å². The summed E-state index contributed by atoms with van der Waals surface area (Å²) in [6.07, 6.45) is 0. The maximum absolute atomic E-state index is 12.3. The van der Waals surface area contributed by atoms with E-state index in [-0.39, 0.29) is 5.91 Å². The number of hydrogen-bond donors (Lipinski definition) is 2. The zero-order valence-corrected chi connectivity index (χ0v) is 12.2. The van der Waals surface area contributed by atoms with Crippen LogP contribution in [0.15, 0.2) is 60.7 Å². The third kappa shape index (κ3) is 2.72. The van der Waals surface area contributed by atoms with Crippen LogP contribution in [0.4, 0.5) is 11.4 Å². The number of rotatable bonds is 3. The molecule has 0 saturated carbocycles. The molecule has 22 heavy (non-hydrogen) atoms. The van der Waals surface area contributed by atoms with Crippen molar-refractivity contribution in [2.24, 2.45) is 0 Å². The van der Waals surface area contributed by atoms with Crippen molar-refractivity contribution in [1.29, 1.82) is 0 Å². The Morgan fingerprint density at radius 1 is 1.05 bits per heavy atom. The number of benzene rings is 3. The SMILES string of the molecule is COc1ccc2cc(C(=O)Nc3ccccc3)cc(N)c2c1. The maximum atomic E-state index is 12.3. The molecule has 0 aliphatic heterocycles. The van der Waals surface area contributed by atoms with E-state index in [4.69, 9.17) is 10.5 Å². The molecule has 3 aromatic carbocycles. The van der Waals surface area contributed by atoms with Crippen molar-refractivity contribution >= 4 is 28.1 Å². The lowest BCUT2D eigenvalue weighted by molar-refractivity contribution is 0.102. The summed E-state index contributed by atoms with van der Waals surface area (Å²) in [5.74, 6) is 0.552. The van der Waals surface area contributed by atoms with Gasteiger partial charge in [-0.15, -0.1) is 0 Å². The maximum Gasteiger partial charge on any atom is 0.255 e. The number of nitrogen functional groups attached to an aromatic ring is 1. The summed E-state index contributed by atoms with van der Waals surface area (Å²) in [6, 6.07) is 18.4. The lowest BCUT2D eigenvalue weighted by Crippen LogP contribution is -2.12. The average molecular weight is 292 g/mol. The standard InChI is InChI=1S/C18H16N2O2/c1-22-15-8-7-12-9-13(10-17(19)16(12)11-15)18(21)20-14-5-3-2-4-6-14/h2-11H,19H2,1H3,(H,20,21). The molecule has 0 radical (unpaired) electrons. The first-order valence-corrected chi connectivity index (χ1v) is 6.91. The fraction of sp³-hybridized carbons (Fsp3) is 0.0556. The predicted molar refractivity (Wildman–Crippen MR) is 89.3 cm³/mol. The summed E-state index contributed by atoms with van der Waals surface area (Å²) >= 11 is 0. The van der Waals surface area contributed by atoms with Crippen molar-refractivity contribution < 1.29 is 9.53 Å². The van der Waals surface area contributed by atoms with Gasteiger partial charge in [0.25, 0.3) is 5.91 Å². The van der Waals surface area contributed by atoms with Crippen molar-refractivity contribution in [3.63, 3.8) is 0 Å². The molecular formula is C18H16N2O2. The fourth-order valence-corrected chi connectivity index (χ4v) is 2.35. The molecule has 0 aliphatic rings. The first-order chi connectivity index (χ1) is 10.7. The quantitative estimate of drug-likeness (QED) is 0.724. The van der Waals surface area contributed by atoms with Gasteiger partial charge >= 0.3 is 0 Å². The van der Waals surface area contributed by atoms with Gasteiger partial charge < -0.3 is 15.8 Å². The van der Waals surface area contributed by atoms with E-state index in [1.165, 1.54) is 0 Å². The van der Waals surface area contributed by atoms with Gasteiger partial charge in [-0.05, 0) is 41.8 Å². The molecule has 0 atom stereocenters. The molecule has 0 bridgehead atoms. The molecule has 1 amide bonds. The molecule has 3 rings (SSSR count). The second-order valence-corrected chi connectivity index (χ2v) is 4.97. The third-order valence-electron chi connectivity index (χ3n) is 3.49. The van der Waals surface area contributed by atoms with Crippen molar-refractivity contribution in [3.8, 4) is 5.75 Å². The Kier molecular flexibility index (Phi) is 3.66. The normalized spacial score (nSPS) is 10.4. The minimum atomic E-state index is -0.185. The summed E-state index contributed by atoms with van der Waals surface area (Å²) < 4.78 is 5.20. The number of methoxy groups -OCH3 is 1. The summed E-state index contributed by atoms with van der Waals surface area (Å²) in [7, 11) is 1.61. The monoisotopic (exact) mass is 292 g/mol. The summed E-state index contributed by atoms with van der Waals surface area (Å²) in [4.78, 5) is 12.3. The Bertz CT molecular complexity index is 829. The number of anilines is 2. The average Bonchev–Trinajstić information content (AvgIpc) is 2.55. The van der Waals surface area contributed by atoms with Gasteiger partial charge in [0.15, 0.2) is 0 Å². The Hall–Kier alpha value is -3.01. The number of carbonyl (C=O) groups excluding carboxylic acids is 1. The molecule has 0 saturated heterocycles. The topological polar surface area (TPSA) is 64.3 Å². The van der Waals surface area contributed by atoms with Crippen LogP contribution >= 0.6 is 0 Å². The van der Waals surface area contributed by atoms with E-state index in [9.17, 15) is 4.79 Å². The first kappa shape index (κ1) is 13.9. The van der Waals surface area contributed by atoms with Crippen LogP contribution in [0, 0.1) is 0 Å². The van der Waals surface area contributed by atoms with Gasteiger partial charge in [-0.25, -0.2) is 0 Å².